The lowest BCUT2D eigenvalue weighted by atomic mass is 9.96. The minimum Gasteiger partial charge on any atom is -0.267 e. The van der Waals surface area contributed by atoms with Crippen molar-refractivity contribution >= 4 is 33.2 Å². The van der Waals surface area contributed by atoms with E-state index in [1.54, 1.807) is 24.6 Å². The van der Waals surface area contributed by atoms with Crippen molar-refractivity contribution in [1.29, 1.82) is 0 Å². The van der Waals surface area contributed by atoms with E-state index in [0.717, 1.165) is 32.1 Å². The molecule has 0 spiro atoms. The molecule has 150 valence electrons. The van der Waals surface area contributed by atoms with Crippen LogP contribution in [-0.4, -0.2) is 37.6 Å². The van der Waals surface area contributed by atoms with Gasteiger partial charge in [-0.25, -0.2) is 8.42 Å². The number of carbonyl (C=O) groups is 2. The maximum absolute atomic E-state index is 13.0. The van der Waals surface area contributed by atoms with E-state index in [-0.39, 0.29) is 16.5 Å². The lowest BCUT2D eigenvalue weighted by molar-refractivity contribution is 0.0849. The van der Waals surface area contributed by atoms with Crippen molar-refractivity contribution in [3.8, 4) is 0 Å². The molecule has 2 N–H and O–H groups in total. The summed E-state index contributed by atoms with van der Waals surface area (Å²) in [5, 5.41) is 1.76. The van der Waals surface area contributed by atoms with Gasteiger partial charge in [0.1, 0.15) is 0 Å². The van der Waals surface area contributed by atoms with Crippen molar-refractivity contribution in [2.45, 2.75) is 43.0 Å². The largest absolute Gasteiger partial charge is 0.279 e. The Morgan fingerprint density at radius 1 is 1.04 bits per heavy atom. The standard InChI is InChI=1S/C19H23N3O4S2/c1-22(15-8-3-2-4-9-15)28(25,26)16-10-5-7-14(13-16)18(23)20-21-19(24)17-11-6-12-27-17/h5-7,10-13,15H,2-4,8-9H2,1H3,(H,20,23)(H,21,24). The van der Waals surface area contributed by atoms with Gasteiger partial charge >= 0.3 is 0 Å². The molecule has 1 aliphatic rings. The van der Waals surface area contributed by atoms with Crippen molar-refractivity contribution < 1.29 is 18.0 Å². The van der Waals surface area contributed by atoms with Gasteiger partial charge in [-0.2, -0.15) is 4.31 Å². The van der Waals surface area contributed by atoms with Gasteiger partial charge in [0.25, 0.3) is 11.8 Å². The first kappa shape index (κ1) is 20.5. The smallest absolute Gasteiger partial charge is 0.267 e. The molecular formula is C19H23N3O4S2. The van der Waals surface area contributed by atoms with Crippen LogP contribution < -0.4 is 10.9 Å². The van der Waals surface area contributed by atoms with E-state index >= 15 is 0 Å². The van der Waals surface area contributed by atoms with Gasteiger partial charge in [0, 0.05) is 18.7 Å². The van der Waals surface area contributed by atoms with E-state index in [9.17, 15) is 18.0 Å². The zero-order valence-corrected chi connectivity index (χ0v) is 17.2. The molecule has 2 amide bonds. The van der Waals surface area contributed by atoms with Crippen LogP contribution in [0.25, 0.3) is 0 Å². The first-order valence-corrected chi connectivity index (χ1v) is 11.4. The van der Waals surface area contributed by atoms with Crippen LogP contribution >= 0.6 is 11.3 Å². The summed E-state index contributed by atoms with van der Waals surface area (Å²) in [5.41, 5.74) is 4.80. The van der Waals surface area contributed by atoms with E-state index in [2.05, 4.69) is 10.9 Å². The minimum absolute atomic E-state index is 0.0127. The molecule has 0 bridgehead atoms. The molecule has 1 heterocycles. The number of rotatable bonds is 5. The Morgan fingerprint density at radius 2 is 1.75 bits per heavy atom. The highest BCUT2D eigenvalue weighted by molar-refractivity contribution is 7.89. The third-order valence-corrected chi connectivity index (χ3v) is 7.67. The normalized spacial score (nSPS) is 15.4. The predicted molar refractivity (Wildman–Crippen MR) is 108 cm³/mol. The number of hydrogen-bond acceptors (Lipinski definition) is 5. The summed E-state index contributed by atoms with van der Waals surface area (Å²) in [6.45, 7) is 0. The summed E-state index contributed by atoms with van der Waals surface area (Å²) in [6.07, 6.45) is 4.89. The molecule has 0 saturated heterocycles. The number of sulfonamides is 1. The lowest BCUT2D eigenvalue weighted by Crippen LogP contribution is -2.41. The Bertz CT molecular complexity index is 936. The number of thiophene rings is 1. The first-order chi connectivity index (χ1) is 13.4. The van der Waals surface area contributed by atoms with Crippen molar-refractivity contribution in [3.63, 3.8) is 0 Å². The molecule has 0 unspecified atom stereocenters. The van der Waals surface area contributed by atoms with Gasteiger partial charge < -0.3 is 0 Å². The van der Waals surface area contributed by atoms with Crippen molar-refractivity contribution in [3.05, 3.63) is 52.2 Å². The summed E-state index contributed by atoms with van der Waals surface area (Å²) in [7, 11) is -2.10. The van der Waals surface area contributed by atoms with Gasteiger partial charge in [-0.1, -0.05) is 31.4 Å². The molecule has 1 aromatic carbocycles. The minimum atomic E-state index is -3.69. The number of hydrazine groups is 1. The molecule has 7 nitrogen and oxygen atoms in total. The zero-order chi connectivity index (χ0) is 20.1. The molecule has 28 heavy (non-hydrogen) atoms. The van der Waals surface area contributed by atoms with Gasteiger partial charge in [-0.3, -0.25) is 20.4 Å². The fourth-order valence-electron chi connectivity index (χ4n) is 3.26. The highest BCUT2D eigenvalue weighted by atomic mass is 32.2. The molecule has 1 fully saturated rings. The topological polar surface area (TPSA) is 95.6 Å². The van der Waals surface area contributed by atoms with Crippen LogP contribution in [0.1, 0.15) is 52.1 Å². The number of carbonyl (C=O) groups excluding carboxylic acids is 2. The number of benzene rings is 1. The summed E-state index contributed by atoms with van der Waals surface area (Å²) < 4.78 is 27.3. The van der Waals surface area contributed by atoms with Crippen LogP contribution in [-0.2, 0) is 10.0 Å². The van der Waals surface area contributed by atoms with Crippen molar-refractivity contribution in [1.82, 2.24) is 15.2 Å². The molecule has 0 aliphatic heterocycles. The van der Waals surface area contributed by atoms with E-state index in [1.807, 2.05) is 0 Å². The van der Waals surface area contributed by atoms with Gasteiger partial charge in [0.05, 0.1) is 9.77 Å². The Kier molecular flexibility index (Phi) is 6.48. The first-order valence-electron chi connectivity index (χ1n) is 9.12. The maximum atomic E-state index is 13.0. The molecule has 0 radical (unpaired) electrons. The predicted octanol–water partition coefficient (Wildman–Crippen LogP) is 2.78. The third-order valence-electron chi connectivity index (χ3n) is 4.90. The number of amides is 2. The third kappa shape index (κ3) is 4.60. The van der Waals surface area contributed by atoms with Gasteiger partial charge in [0.2, 0.25) is 10.0 Å². The maximum Gasteiger partial charge on any atom is 0.279 e. The average molecular weight is 422 g/mol. The molecule has 1 aromatic heterocycles. The second-order valence-corrected chi connectivity index (χ2v) is 9.67. The summed E-state index contributed by atoms with van der Waals surface area (Å²) >= 11 is 1.25. The number of nitrogens with one attached hydrogen (secondary N) is 2. The molecule has 9 heteroatoms. The summed E-state index contributed by atoms with van der Waals surface area (Å²) in [6, 6.07) is 9.21. The zero-order valence-electron chi connectivity index (χ0n) is 15.6. The fraction of sp³-hybridized carbons (Fsp3) is 0.368. The van der Waals surface area contributed by atoms with Crippen molar-refractivity contribution in [2.24, 2.45) is 0 Å². The monoisotopic (exact) mass is 421 g/mol. The molecule has 3 rings (SSSR count). The summed E-state index contributed by atoms with van der Waals surface area (Å²) in [5.74, 6) is -1.01. The molecular weight excluding hydrogens is 398 g/mol. The van der Waals surface area contributed by atoms with Crippen LogP contribution in [0.3, 0.4) is 0 Å². The number of nitrogens with zero attached hydrogens (tertiary/aromatic N) is 1. The molecule has 2 aromatic rings. The lowest BCUT2D eigenvalue weighted by Gasteiger charge is -2.30. The summed E-state index contributed by atoms with van der Waals surface area (Å²) in [4.78, 5) is 24.8. The number of hydrogen-bond donors (Lipinski definition) is 2. The van der Waals surface area contributed by atoms with E-state index in [1.165, 1.54) is 39.9 Å². The van der Waals surface area contributed by atoms with Gasteiger partial charge in [-0.15, -0.1) is 11.3 Å². The molecule has 1 saturated carbocycles. The van der Waals surface area contributed by atoms with Crippen LogP contribution in [0.4, 0.5) is 0 Å². The van der Waals surface area contributed by atoms with Crippen LogP contribution in [0.5, 0.6) is 0 Å². The van der Waals surface area contributed by atoms with Crippen LogP contribution in [0.2, 0.25) is 0 Å². The quantitative estimate of drug-likeness (QED) is 0.726. The highest BCUT2D eigenvalue weighted by Crippen LogP contribution is 2.26. The van der Waals surface area contributed by atoms with Crippen LogP contribution in [0, 0.1) is 0 Å². The second-order valence-electron chi connectivity index (χ2n) is 6.73. The van der Waals surface area contributed by atoms with Gasteiger partial charge in [-0.05, 0) is 42.5 Å². The molecule has 1 aliphatic carbocycles. The molecule has 0 atom stereocenters. The van der Waals surface area contributed by atoms with Crippen LogP contribution in [0.15, 0.2) is 46.7 Å². The van der Waals surface area contributed by atoms with Gasteiger partial charge in [0.15, 0.2) is 0 Å². The second kappa shape index (κ2) is 8.85. The SMILES string of the molecule is CN(C1CCCCC1)S(=O)(=O)c1cccc(C(=O)NNC(=O)c2cccs2)c1. The van der Waals surface area contributed by atoms with E-state index in [0.29, 0.717) is 4.88 Å². The average Bonchev–Trinajstić information content (AvgIpc) is 3.27. The van der Waals surface area contributed by atoms with E-state index in [4.69, 9.17) is 0 Å². The Morgan fingerprint density at radius 3 is 2.43 bits per heavy atom. The highest BCUT2D eigenvalue weighted by Gasteiger charge is 2.29. The Balaban J connectivity index is 1.70. The Hall–Kier alpha value is -2.23. The van der Waals surface area contributed by atoms with E-state index < -0.39 is 21.8 Å². The Labute approximate surface area is 168 Å². The van der Waals surface area contributed by atoms with Crippen molar-refractivity contribution in [2.75, 3.05) is 7.05 Å². The fourth-order valence-corrected chi connectivity index (χ4v) is 5.34.